The van der Waals surface area contributed by atoms with Crippen LogP contribution in [0.5, 0.6) is 0 Å². The van der Waals surface area contributed by atoms with Crippen molar-refractivity contribution in [2.45, 2.75) is 19.2 Å². The third kappa shape index (κ3) is 2.42. The molecule has 1 aromatic rings. The Hall–Kier alpha value is -1.34. The molecule has 0 atom stereocenters. The summed E-state index contributed by atoms with van der Waals surface area (Å²) >= 11 is 3.32. The minimum Gasteiger partial charge on any atom is -0.462 e. The summed E-state index contributed by atoms with van der Waals surface area (Å²) in [5, 5.41) is 9.50. The topological polar surface area (TPSA) is 50.1 Å². The van der Waals surface area contributed by atoms with E-state index >= 15 is 0 Å². The Morgan fingerprint density at radius 2 is 2.25 bits per heavy atom. The molecule has 0 heterocycles. The standard InChI is InChI=1S/C12H12BrNO2/c1-3-16-12(15)11-9(7-14)5-4-8(2)10(11)6-13/h4-5H,3,6H2,1-2H3. The van der Waals surface area contributed by atoms with Gasteiger partial charge in [-0.25, -0.2) is 4.79 Å². The predicted octanol–water partition coefficient (Wildman–Crippen LogP) is 2.94. The van der Waals surface area contributed by atoms with E-state index < -0.39 is 5.97 Å². The largest absolute Gasteiger partial charge is 0.462 e. The maximum atomic E-state index is 11.8. The van der Waals surface area contributed by atoms with Crippen molar-refractivity contribution < 1.29 is 9.53 Å². The van der Waals surface area contributed by atoms with E-state index in [1.807, 2.05) is 19.1 Å². The molecule has 0 aliphatic heterocycles. The molecular weight excluding hydrogens is 270 g/mol. The molecule has 0 aromatic heterocycles. The quantitative estimate of drug-likeness (QED) is 0.632. The van der Waals surface area contributed by atoms with E-state index in [2.05, 4.69) is 15.9 Å². The molecule has 0 amide bonds. The molecule has 0 unspecified atom stereocenters. The lowest BCUT2D eigenvalue weighted by molar-refractivity contribution is 0.0525. The number of esters is 1. The van der Waals surface area contributed by atoms with Gasteiger partial charge in [-0.1, -0.05) is 22.0 Å². The molecule has 0 saturated heterocycles. The van der Waals surface area contributed by atoms with Crippen LogP contribution in [0, 0.1) is 18.3 Å². The predicted molar refractivity (Wildman–Crippen MR) is 64.5 cm³/mol. The van der Waals surface area contributed by atoms with Crippen molar-refractivity contribution in [1.82, 2.24) is 0 Å². The Balaban J connectivity index is 3.37. The highest BCUT2D eigenvalue weighted by Gasteiger charge is 2.18. The van der Waals surface area contributed by atoms with Crippen LogP contribution in [0.15, 0.2) is 12.1 Å². The summed E-state index contributed by atoms with van der Waals surface area (Å²) in [5.74, 6) is -0.433. The number of ether oxygens (including phenoxy) is 1. The summed E-state index contributed by atoms with van der Waals surface area (Å²) in [7, 11) is 0. The summed E-state index contributed by atoms with van der Waals surface area (Å²) in [6.45, 7) is 3.95. The number of halogens is 1. The van der Waals surface area contributed by atoms with Crippen molar-refractivity contribution in [3.05, 3.63) is 34.4 Å². The second-order valence-electron chi connectivity index (χ2n) is 3.25. The maximum absolute atomic E-state index is 11.8. The lowest BCUT2D eigenvalue weighted by atomic mass is 9.98. The Labute approximate surface area is 103 Å². The number of hydrogen-bond acceptors (Lipinski definition) is 3. The molecule has 0 fully saturated rings. The monoisotopic (exact) mass is 281 g/mol. The van der Waals surface area contributed by atoms with Gasteiger partial charge in [-0.3, -0.25) is 0 Å². The third-order valence-electron chi connectivity index (χ3n) is 2.28. The van der Waals surface area contributed by atoms with Crippen molar-refractivity contribution in [2.24, 2.45) is 0 Å². The zero-order valence-electron chi connectivity index (χ0n) is 9.21. The number of alkyl halides is 1. The van der Waals surface area contributed by atoms with Gasteiger partial charge in [-0.15, -0.1) is 0 Å². The third-order valence-corrected chi connectivity index (χ3v) is 2.84. The first kappa shape index (κ1) is 12.7. The minimum absolute atomic E-state index is 0.305. The summed E-state index contributed by atoms with van der Waals surface area (Å²) in [6, 6.07) is 5.49. The number of carbonyl (C=O) groups is 1. The molecule has 0 aliphatic rings. The molecule has 1 rings (SSSR count). The first-order chi connectivity index (χ1) is 7.65. The van der Waals surface area contributed by atoms with Gasteiger partial charge in [0.25, 0.3) is 0 Å². The fraction of sp³-hybridized carbons (Fsp3) is 0.333. The van der Waals surface area contributed by atoms with Crippen molar-refractivity contribution in [3.63, 3.8) is 0 Å². The molecule has 0 radical (unpaired) electrons. The Morgan fingerprint density at radius 1 is 1.56 bits per heavy atom. The van der Waals surface area contributed by atoms with Crippen LogP contribution in [0.1, 0.15) is 34.0 Å². The van der Waals surface area contributed by atoms with Gasteiger partial charge in [-0.2, -0.15) is 5.26 Å². The Kier molecular flexibility index (Phi) is 4.51. The number of aryl methyl sites for hydroxylation is 1. The van der Waals surface area contributed by atoms with E-state index in [1.54, 1.807) is 13.0 Å². The van der Waals surface area contributed by atoms with Gasteiger partial charge >= 0.3 is 5.97 Å². The molecule has 1 aromatic carbocycles. The van der Waals surface area contributed by atoms with E-state index in [-0.39, 0.29) is 0 Å². The van der Waals surface area contributed by atoms with Crippen LogP contribution in [0.25, 0.3) is 0 Å². The normalized spacial score (nSPS) is 9.62. The molecule has 4 heteroatoms. The molecular formula is C12H12BrNO2. The number of carbonyl (C=O) groups excluding carboxylic acids is 1. The van der Waals surface area contributed by atoms with Crippen molar-refractivity contribution in [3.8, 4) is 6.07 Å². The van der Waals surface area contributed by atoms with Crippen LogP contribution < -0.4 is 0 Å². The van der Waals surface area contributed by atoms with Gasteiger partial charge in [0.15, 0.2) is 0 Å². The van der Waals surface area contributed by atoms with Crippen LogP contribution in [0.4, 0.5) is 0 Å². The molecule has 0 saturated carbocycles. The van der Waals surface area contributed by atoms with Crippen LogP contribution in [-0.2, 0) is 10.1 Å². The molecule has 16 heavy (non-hydrogen) atoms. The molecule has 84 valence electrons. The fourth-order valence-electron chi connectivity index (χ4n) is 1.45. The second kappa shape index (κ2) is 5.66. The SMILES string of the molecule is CCOC(=O)c1c(C#N)ccc(C)c1CBr. The highest BCUT2D eigenvalue weighted by Crippen LogP contribution is 2.22. The van der Waals surface area contributed by atoms with E-state index in [0.29, 0.717) is 23.1 Å². The van der Waals surface area contributed by atoms with E-state index in [4.69, 9.17) is 10.00 Å². The van der Waals surface area contributed by atoms with Crippen molar-refractivity contribution >= 4 is 21.9 Å². The molecule has 0 aliphatic carbocycles. The summed E-state index contributed by atoms with van der Waals surface area (Å²) < 4.78 is 4.96. The number of benzene rings is 1. The second-order valence-corrected chi connectivity index (χ2v) is 3.81. The zero-order valence-corrected chi connectivity index (χ0v) is 10.8. The lowest BCUT2D eigenvalue weighted by Gasteiger charge is -2.11. The number of rotatable bonds is 3. The fourth-order valence-corrected chi connectivity index (χ4v) is 2.18. The van der Waals surface area contributed by atoms with E-state index in [1.165, 1.54) is 0 Å². The van der Waals surface area contributed by atoms with Gasteiger partial charge < -0.3 is 4.74 Å². The summed E-state index contributed by atoms with van der Waals surface area (Å²) in [6.07, 6.45) is 0. The average Bonchev–Trinajstić information content (AvgIpc) is 2.28. The van der Waals surface area contributed by atoms with Gasteiger partial charge in [0.05, 0.1) is 17.7 Å². The van der Waals surface area contributed by atoms with Crippen LogP contribution in [0.2, 0.25) is 0 Å². The van der Waals surface area contributed by atoms with Gasteiger partial charge in [0.2, 0.25) is 0 Å². The van der Waals surface area contributed by atoms with E-state index in [9.17, 15) is 4.79 Å². The first-order valence-electron chi connectivity index (χ1n) is 4.91. The Bertz CT molecular complexity index is 449. The number of hydrogen-bond donors (Lipinski definition) is 0. The molecule has 0 spiro atoms. The Morgan fingerprint density at radius 3 is 2.75 bits per heavy atom. The molecule has 0 N–H and O–H groups in total. The van der Waals surface area contributed by atoms with Crippen molar-refractivity contribution in [2.75, 3.05) is 6.61 Å². The number of nitrogens with zero attached hydrogens (tertiary/aromatic N) is 1. The highest BCUT2D eigenvalue weighted by molar-refractivity contribution is 9.08. The minimum atomic E-state index is -0.433. The van der Waals surface area contributed by atoms with Gasteiger partial charge in [0, 0.05) is 5.33 Å². The highest BCUT2D eigenvalue weighted by atomic mass is 79.9. The van der Waals surface area contributed by atoms with Gasteiger partial charge in [-0.05, 0) is 31.0 Å². The van der Waals surface area contributed by atoms with Gasteiger partial charge in [0.1, 0.15) is 6.07 Å². The van der Waals surface area contributed by atoms with Crippen LogP contribution in [0.3, 0.4) is 0 Å². The molecule has 3 nitrogen and oxygen atoms in total. The zero-order chi connectivity index (χ0) is 12.1. The average molecular weight is 282 g/mol. The van der Waals surface area contributed by atoms with Crippen LogP contribution >= 0.6 is 15.9 Å². The van der Waals surface area contributed by atoms with E-state index in [0.717, 1.165) is 11.1 Å². The van der Waals surface area contributed by atoms with Crippen molar-refractivity contribution in [1.29, 1.82) is 5.26 Å². The summed E-state index contributed by atoms with van der Waals surface area (Å²) in [5.41, 5.74) is 2.52. The summed E-state index contributed by atoms with van der Waals surface area (Å²) in [4.78, 5) is 11.8. The smallest absolute Gasteiger partial charge is 0.339 e. The molecule has 0 bridgehead atoms. The number of nitriles is 1. The lowest BCUT2D eigenvalue weighted by Crippen LogP contribution is -2.11. The first-order valence-corrected chi connectivity index (χ1v) is 6.03. The maximum Gasteiger partial charge on any atom is 0.339 e. The van der Waals surface area contributed by atoms with Crippen LogP contribution in [-0.4, -0.2) is 12.6 Å².